The van der Waals surface area contributed by atoms with Crippen LogP contribution in [0, 0.1) is 0 Å². The van der Waals surface area contributed by atoms with E-state index < -0.39 is 0 Å². The zero-order valence-electron chi connectivity index (χ0n) is 23.9. The van der Waals surface area contributed by atoms with Gasteiger partial charge in [-0.2, -0.15) is 0 Å². The third-order valence-electron chi connectivity index (χ3n) is 6.96. The zero-order valence-corrected chi connectivity index (χ0v) is 24.7. The zero-order chi connectivity index (χ0) is 29.9. The van der Waals surface area contributed by atoms with Gasteiger partial charge in [0.1, 0.15) is 17.2 Å². The van der Waals surface area contributed by atoms with Gasteiger partial charge in [-0.3, -0.25) is 19.2 Å². The molecule has 4 rings (SSSR count). The average molecular weight is 593 g/mol. The number of methoxy groups -OCH3 is 1. The van der Waals surface area contributed by atoms with Crippen LogP contribution in [0.1, 0.15) is 70.8 Å². The summed E-state index contributed by atoms with van der Waals surface area (Å²) in [6.45, 7) is 3.52. The summed E-state index contributed by atoms with van der Waals surface area (Å²) in [5, 5.41) is 8.28. The number of rotatable bonds is 13. The molecular weight excluding hydrogens is 556 g/mol. The minimum absolute atomic E-state index is 0.0149. The summed E-state index contributed by atoms with van der Waals surface area (Å²) in [6, 6.07) is 14.1. The summed E-state index contributed by atoms with van der Waals surface area (Å²) in [6.07, 6.45) is 2.52. The Morgan fingerprint density at radius 2 is 1.79 bits per heavy atom. The second-order valence-electron chi connectivity index (χ2n) is 10.0. The molecule has 2 aromatic carbocycles. The minimum atomic E-state index is -0.223. The van der Waals surface area contributed by atoms with Crippen molar-refractivity contribution in [2.45, 2.75) is 44.9 Å². The number of carbonyl (C=O) groups is 4. The van der Waals surface area contributed by atoms with Gasteiger partial charge in [0.15, 0.2) is 5.78 Å². The first kappa shape index (κ1) is 30.7. The monoisotopic (exact) mass is 592 g/mol. The molecule has 2 N–H and O–H groups in total. The fourth-order valence-electron chi connectivity index (χ4n) is 4.68. The highest BCUT2D eigenvalue weighted by atomic mass is 32.1. The smallest absolute Gasteiger partial charge is 0.270 e. The Morgan fingerprint density at radius 3 is 2.50 bits per heavy atom. The largest absolute Gasteiger partial charge is 0.497 e. The number of hydrogen-bond donors (Lipinski definition) is 2. The van der Waals surface area contributed by atoms with E-state index in [0.717, 1.165) is 17.8 Å². The van der Waals surface area contributed by atoms with E-state index in [-0.39, 0.29) is 42.3 Å². The van der Waals surface area contributed by atoms with Crippen LogP contribution in [0.4, 0.5) is 5.69 Å². The van der Waals surface area contributed by atoms with Crippen molar-refractivity contribution in [1.82, 2.24) is 15.2 Å². The fourth-order valence-corrected chi connectivity index (χ4v) is 5.65. The molecule has 1 aliphatic rings. The third-order valence-corrected chi connectivity index (χ3v) is 7.97. The molecule has 3 amide bonds. The minimum Gasteiger partial charge on any atom is -0.497 e. The van der Waals surface area contributed by atoms with Gasteiger partial charge < -0.3 is 25.0 Å². The highest BCUT2D eigenvalue weighted by molar-refractivity contribution is 7.09. The van der Waals surface area contributed by atoms with E-state index in [1.165, 1.54) is 18.3 Å². The number of amides is 3. The van der Waals surface area contributed by atoms with Crippen LogP contribution >= 0.6 is 11.3 Å². The van der Waals surface area contributed by atoms with Gasteiger partial charge in [-0.25, -0.2) is 4.98 Å². The number of thiazole rings is 1. The SMILES string of the molecule is COc1ccc(C(=O)CCC(=O)N2CCC(c3nc(C(=O)NCCCOc4cccc(NC(C)=O)c4)cs3)CC2)cc1. The summed E-state index contributed by atoms with van der Waals surface area (Å²) >= 11 is 1.47. The number of aromatic nitrogens is 1. The first-order valence-corrected chi connectivity index (χ1v) is 14.9. The van der Waals surface area contributed by atoms with Crippen LogP contribution in [0.5, 0.6) is 11.5 Å². The van der Waals surface area contributed by atoms with Gasteiger partial charge in [0.25, 0.3) is 5.91 Å². The van der Waals surface area contributed by atoms with E-state index >= 15 is 0 Å². The molecule has 0 radical (unpaired) electrons. The predicted octanol–water partition coefficient (Wildman–Crippen LogP) is 4.68. The highest BCUT2D eigenvalue weighted by Crippen LogP contribution is 2.30. The number of anilines is 1. The molecule has 0 saturated carbocycles. The quantitative estimate of drug-likeness (QED) is 0.218. The molecule has 0 unspecified atom stereocenters. The van der Waals surface area contributed by atoms with Crippen molar-refractivity contribution in [3.8, 4) is 11.5 Å². The van der Waals surface area contributed by atoms with E-state index in [2.05, 4.69) is 15.6 Å². The van der Waals surface area contributed by atoms with Crippen LogP contribution in [-0.2, 0) is 9.59 Å². The van der Waals surface area contributed by atoms with Gasteiger partial charge in [-0.1, -0.05) is 6.07 Å². The summed E-state index contributed by atoms with van der Waals surface area (Å²) in [7, 11) is 1.57. The van der Waals surface area contributed by atoms with Crippen LogP contribution in [0.15, 0.2) is 53.9 Å². The normalized spacial score (nSPS) is 13.3. The molecule has 1 fully saturated rings. The van der Waals surface area contributed by atoms with Crippen LogP contribution in [0.2, 0.25) is 0 Å². The van der Waals surface area contributed by atoms with Gasteiger partial charge >= 0.3 is 0 Å². The summed E-state index contributed by atoms with van der Waals surface area (Å²) < 4.78 is 10.8. The van der Waals surface area contributed by atoms with E-state index in [9.17, 15) is 19.2 Å². The lowest BCUT2D eigenvalue weighted by atomic mass is 9.97. The Morgan fingerprint density at radius 1 is 1.02 bits per heavy atom. The van der Waals surface area contributed by atoms with Crippen molar-refractivity contribution < 1.29 is 28.7 Å². The lowest BCUT2D eigenvalue weighted by molar-refractivity contribution is -0.132. The Bertz CT molecular complexity index is 1380. The number of nitrogens with one attached hydrogen (secondary N) is 2. The van der Waals surface area contributed by atoms with Crippen molar-refractivity contribution in [2.24, 2.45) is 0 Å². The van der Waals surface area contributed by atoms with Crippen molar-refractivity contribution >= 4 is 40.5 Å². The Hall–Kier alpha value is -4.25. The van der Waals surface area contributed by atoms with Crippen LogP contribution in [0.25, 0.3) is 0 Å². The Balaban J connectivity index is 1.14. The molecule has 0 bridgehead atoms. The van der Waals surface area contributed by atoms with Crippen molar-refractivity contribution in [1.29, 1.82) is 0 Å². The second kappa shape index (κ2) is 15.1. The van der Waals surface area contributed by atoms with E-state index in [1.807, 2.05) is 11.0 Å². The predicted molar refractivity (Wildman–Crippen MR) is 160 cm³/mol. The highest BCUT2D eigenvalue weighted by Gasteiger charge is 2.26. The Labute approximate surface area is 249 Å². The molecule has 1 saturated heterocycles. The fraction of sp³-hybridized carbons (Fsp3) is 0.387. The number of nitrogens with zero attached hydrogens (tertiary/aromatic N) is 2. The van der Waals surface area contributed by atoms with Crippen molar-refractivity contribution in [3.63, 3.8) is 0 Å². The van der Waals surface area contributed by atoms with Crippen molar-refractivity contribution in [2.75, 3.05) is 38.7 Å². The number of Topliss-reactive ketones (excluding diaryl/α,β-unsaturated/α-hetero) is 1. The summed E-state index contributed by atoms with van der Waals surface area (Å²) in [5.41, 5.74) is 1.64. The van der Waals surface area contributed by atoms with Crippen LogP contribution in [-0.4, -0.2) is 66.7 Å². The van der Waals surface area contributed by atoms with Crippen molar-refractivity contribution in [3.05, 3.63) is 70.2 Å². The Kier molecular flexibility index (Phi) is 11.0. The standard InChI is InChI=1S/C31H36N4O6S/c1-21(36)33-24-5-3-6-26(19-24)41-18-4-15-32-30(39)27-20-42-31(34-27)23-13-16-35(17-14-23)29(38)12-11-28(37)22-7-9-25(40-2)10-8-22/h3,5-10,19-20,23H,4,11-18H2,1-2H3,(H,32,39)(H,33,36). The molecule has 42 heavy (non-hydrogen) atoms. The van der Waals surface area contributed by atoms with E-state index in [1.54, 1.807) is 55.0 Å². The molecule has 10 nitrogen and oxygen atoms in total. The molecule has 0 atom stereocenters. The number of likely N-dealkylation sites (tertiary alicyclic amines) is 1. The van der Waals surface area contributed by atoms with Gasteiger partial charge in [-0.05, 0) is 55.7 Å². The van der Waals surface area contributed by atoms with Gasteiger partial charge in [0, 0.05) is 68.0 Å². The molecule has 1 aliphatic heterocycles. The molecular formula is C31H36N4O6S. The van der Waals surface area contributed by atoms with Crippen LogP contribution < -0.4 is 20.1 Å². The molecule has 0 spiro atoms. The first-order chi connectivity index (χ1) is 20.3. The third kappa shape index (κ3) is 8.87. The maximum absolute atomic E-state index is 12.7. The maximum Gasteiger partial charge on any atom is 0.270 e. The summed E-state index contributed by atoms with van der Waals surface area (Å²) in [5.74, 6) is 1.08. The summed E-state index contributed by atoms with van der Waals surface area (Å²) in [4.78, 5) is 55.4. The molecule has 1 aromatic heterocycles. The van der Waals surface area contributed by atoms with Crippen LogP contribution in [0.3, 0.4) is 0 Å². The molecule has 2 heterocycles. The number of ketones is 1. The number of piperidine rings is 1. The first-order valence-electron chi connectivity index (χ1n) is 14.0. The second-order valence-corrected chi connectivity index (χ2v) is 10.9. The maximum atomic E-state index is 12.7. The molecule has 0 aliphatic carbocycles. The van der Waals surface area contributed by atoms with Gasteiger partial charge in [0.2, 0.25) is 11.8 Å². The van der Waals surface area contributed by atoms with Gasteiger partial charge in [0.05, 0.1) is 18.7 Å². The average Bonchev–Trinajstić information content (AvgIpc) is 3.50. The lowest BCUT2D eigenvalue weighted by Crippen LogP contribution is -2.38. The number of benzene rings is 2. The van der Waals surface area contributed by atoms with E-state index in [0.29, 0.717) is 61.1 Å². The number of hydrogen-bond acceptors (Lipinski definition) is 8. The molecule has 222 valence electrons. The topological polar surface area (TPSA) is 127 Å². The number of carbonyl (C=O) groups excluding carboxylic acids is 4. The number of ether oxygens (including phenoxy) is 2. The molecule has 3 aromatic rings. The lowest BCUT2D eigenvalue weighted by Gasteiger charge is -2.31. The molecule has 11 heteroatoms. The van der Waals surface area contributed by atoms with E-state index in [4.69, 9.17) is 9.47 Å². The van der Waals surface area contributed by atoms with Gasteiger partial charge in [-0.15, -0.1) is 11.3 Å².